The maximum absolute atomic E-state index is 5.38. The van der Waals surface area contributed by atoms with Crippen LogP contribution in [0.5, 0.6) is 5.75 Å². The van der Waals surface area contributed by atoms with Crippen LogP contribution < -0.4 is 4.74 Å². The molecule has 0 heterocycles. The highest BCUT2D eigenvalue weighted by molar-refractivity contribution is 9.09. The second kappa shape index (κ2) is 5.72. The maximum atomic E-state index is 5.38. The first-order valence-electron chi connectivity index (χ1n) is 5.70. The molecule has 1 aromatic rings. The van der Waals surface area contributed by atoms with Gasteiger partial charge in [0.05, 0.1) is 7.11 Å². The minimum absolute atomic E-state index is 0.289. The quantitative estimate of drug-likeness (QED) is 0.727. The second-order valence-electron chi connectivity index (χ2n) is 5.14. The zero-order valence-electron chi connectivity index (χ0n) is 10.6. The topological polar surface area (TPSA) is 9.23 Å². The van der Waals surface area contributed by atoms with Gasteiger partial charge in [-0.15, -0.1) is 0 Å². The highest BCUT2D eigenvalue weighted by atomic mass is 79.9. The molecule has 1 aromatic carbocycles. The lowest BCUT2D eigenvalue weighted by Crippen LogP contribution is -2.19. The number of rotatable bonds is 5. The van der Waals surface area contributed by atoms with E-state index in [1.807, 2.05) is 12.1 Å². The zero-order chi connectivity index (χ0) is 12.2. The molecule has 0 bridgehead atoms. The molecule has 1 nitrogen and oxygen atoms in total. The van der Waals surface area contributed by atoms with Crippen molar-refractivity contribution in [2.24, 2.45) is 5.41 Å². The van der Waals surface area contributed by atoms with Crippen LogP contribution in [0.1, 0.15) is 32.8 Å². The third-order valence-corrected chi connectivity index (χ3v) is 3.02. The molecule has 0 N–H and O–H groups in total. The largest absolute Gasteiger partial charge is 0.496 e. The first-order valence-corrected chi connectivity index (χ1v) is 6.62. The molecular weight excluding hydrogens is 264 g/mol. The minimum atomic E-state index is 0.289. The van der Waals surface area contributed by atoms with Crippen LogP contribution in [0.2, 0.25) is 0 Å². The summed E-state index contributed by atoms with van der Waals surface area (Å²) in [6.07, 6.45) is 2.21. The average Bonchev–Trinajstić information content (AvgIpc) is 2.15. The minimum Gasteiger partial charge on any atom is -0.496 e. The number of para-hydroxylation sites is 1. The Morgan fingerprint density at radius 3 is 2.50 bits per heavy atom. The molecular formula is C14H21BrO. The van der Waals surface area contributed by atoms with Gasteiger partial charge in [-0.3, -0.25) is 0 Å². The summed E-state index contributed by atoms with van der Waals surface area (Å²) in [5, 5.41) is 0. The third-order valence-electron chi connectivity index (χ3n) is 2.70. The van der Waals surface area contributed by atoms with Crippen LogP contribution in [0.3, 0.4) is 0 Å². The Kier molecular flexibility index (Phi) is 4.85. The van der Waals surface area contributed by atoms with Crippen molar-refractivity contribution in [1.29, 1.82) is 0 Å². The normalized spacial score (nSPS) is 13.6. The maximum Gasteiger partial charge on any atom is 0.122 e. The van der Waals surface area contributed by atoms with Crippen LogP contribution in [0.4, 0.5) is 0 Å². The van der Waals surface area contributed by atoms with Crippen molar-refractivity contribution in [2.75, 3.05) is 7.11 Å². The summed E-state index contributed by atoms with van der Waals surface area (Å²) in [6, 6.07) is 8.27. The van der Waals surface area contributed by atoms with E-state index in [1.54, 1.807) is 7.11 Å². The molecule has 0 aromatic heterocycles. The number of halogens is 1. The number of hydrogen-bond acceptors (Lipinski definition) is 1. The summed E-state index contributed by atoms with van der Waals surface area (Å²) in [4.78, 5) is 0.553. The van der Waals surface area contributed by atoms with Crippen molar-refractivity contribution in [1.82, 2.24) is 0 Å². The molecule has 16 heavy (non-hydrogen) atoms. The van der Waals surface area contributed by atoms with Crippen molar-refractivity contribution in [2.45, 2.75) is 38.4 Å². The van der Waals surface area contributed by atoms with Gasteiger partial charge in [-0.2, -0.15) is 0 Å². The van der Waals surface area contributed by atoms with E-state index in [1.165, 1.54) is 5.56 Å². The monoisotopic (exact) mass is 284 g/mol. The van der Waals surface area contributed by atoms with Crippen LogP contribution in [0.25, 0.3) is 0 Å². The predicted molar refractivity (Wildman–Crippen MR) is 73.5 cm³/mol. The molecule has 0 spiro atoms. The van der Waals surface area contributed by atoms with E-state index in [4.69, 9.17) is 4.74 Å². The van der Waals surface area contributed by atoms with Crippen molar-refractivity contribution in [3.8, 4) is 5.75 Å². The lowest BCUT2D eigenvalue weighted by molar-refractivity contribution is 0.326. The Morgan fingerprint density at radius 1 is 1.31 bits per heavy atom. The smallest absolute Gasteiger partial charge is 0.122 e. The fourth-order valence-corrected chi connectivity index (χ4v) is 3.07. The van der Waals surface area contributed by atoms with E-state index in [0.717, 1.165) is 18.6 Å². The molecule has 0 saturated carbocycles. The van der Waals surface area contributed by atoms with Crippen molar-refractivity contribution < 1.29 is 4.74 Å². The van der Waals surface area contributed by atoms with Crippen LogP contribution in [0, 0.1) is 5.41 Å². The van der Waals surface area contributed by atoms with E-state index in [-0.39, 0.29) is 5.41 Å². The van der Waals surface area contributed by atoms with Gasteiger partial charge in [0.2, 0.25) is 0 Å². The van der Waals surface area contributed by atoms with Crippen LogP contribution in [0.15, 0.2) is 24.3 Å². The Hall–Kier alpha value is -0.500. The van der Waals surface area contributed by atoms with Gasteiger partial charge in [0.1, 0.15) is 5.75 Å². The van der Waals surface area contributed by atoms with Gasteiger partial charge in [0, 0.05) is 4.83 Å². The molecule has 2 heteroatoms. The molecule has 1 rings (SSSR count). The van der Waals surface area contributed by atoms with E-state index in [0.29, 0.717) is 4.83 Å². The number of hydrogen-bond donors (Lipinski definition) is 0. The van der Waals surface area contributed by atoms with E-state index < -0.39 is 0 Å². The van der Waals surface area contributed by atoms with Gasteiger partial charge in [0.15, 0.2) is 0 Å². The van der Waals surface area contributed by atoms with Gasteiger partial charge < -0.3 is 4.74 Å². The molecule has 0 fully saturated rings. The van der Waals surface area contributed by atoms with E-state index in [2.05, 4.69) is 48.8 Å². The van der Waals surface area contributed by atoms with Gasteiger partial charge in [0.25, 0.3) is 0 Å². The lowest BCUT2D eigenvalue weighted by atomic mass is 9.81. The average molecular weight is 285 g/mol. The molecule has 0 amide bonds. The first kappa shape index (κ1) is 13.6. The Bertz CT molecular complexity index is 331. The molecule has 0 radical (unpaired) electrons. The molecule has 1 atom stereocenters. The van der Waals surface area contributed by atoms with E-state index in [9.17, 15) is 0 Å². The molecule has 1 unspecified atom stereocenters. The first-order chi connectivity index (χ1) is 7.44. The molecule has 0 aliphatic rings. The Balaban J connectivity index is 2.78. The summed E-state index contributed by atoms with van der Waals surface area (Å²) in [5.41, 5.74) is 1.58. The SMILES string of the molecule is COc1ccccc1CC(C)(C)CC(C)Br. The fraction of sp³-hybridized carbons (Fsp3) is 0.571. The van der Waals surface area contributed by atoms with Gasteiger partial charge in [-0.25, -0.2) is 0 Å². The van der Waals surface area contributed by atoms with Crippen LogP contribution >= 0.6 is 15.9 Å². The van der Waals surface area contributed by atoms with Gasteiger partial charge in [-0.1, -0.05) is 54.9 Å². The molecule has 0 aliphatic heterocycles. The highest BCUT2D eigenvalue weighted by Gasteiger charge is 2.22. The predicted octanol–water partition coefficient (Wildman–Crippen LogP) is 4.44. The number of methoxy groups -OCH3 is 1. The fourth-order valence-electron chi connectivity index (χ4n) is 2.20. The summed E-state index contributed by atoms with van der Waals surface area (Å²) < 4.78 is 5.38. The number of benzene rings is 1. The number of ether oxygens (including phenoxy) is 1. The summed E-state index contributed by atoms with van der Waals surface area (Å²) in [6.45, 7) is 6.80. The molecule has 0 saturated heterocycles. The van der Waals surface area contributed by atoms with Crippen molar-refractivity contribution in [3.05, 3.63) is 29.8 Å². The summed E-state index contributed by atoms with van der Waals surface area (Å²) in [7, 11) is 1.74. The van der Waals surface area contributed by atoms with Crippen molar-refractivity contribution >= 4 is 15.9 Å². The standard InChI is InChI=1S/C14H21BrO/c1-11(15)9-14(2,3)10-12-7-5-6-8-13(12)16-4/h5-8,11H,9-10H2,1-4H3. The summed E-state index contributed by atoms with van der Waals surface area (Å²) >= 11 is 3.63. The number of alkyl halides is 1. The van der Waals surface area contributed by atoms with Gasteiger partial charge >= 0.3 is 0 Å². The van der Waals surface area contributed by atoms with Gasteiger partial charge in [-0.05, 0) is 29.9 Å². The van der Waals surface area contributed by atoms with Crippen LogP contribution in [-0.2, 0) is 6.42 Å². The van der Waals surface area contributed by atoms with Crippen molar-refractivity contribution in [3.63, 3.8) is 0 Å². The molecule has 0 aliphatic carbocycles. The highest BCUT2D eigenvalue weighted by Crippen LogP contribution is 2.32. The second-order valence-corrected chi connectivity index (χ2v) is 6.70. The third kappa shape index (κ3) is 4.17. The zero-order valence-corrected chi connectivity index (χ0v) is 12.2. The summed E-state index contributed by atoms with van der Waals surface area (Å²) in [5.74, 6) is 0.998. The van der Waals surface area contributed by atoms with Crippen LogP contribution in [-0.4, -0.2) is 11.9 Å². The Morgan fingerprint density at radius 2 is 1.94 bits per heavy atom. The van der Waals surface area contributed by atoms with E-state index >= 15 is 0 Å². The lowest BCUT2D eigenvalue weighted by Gasteiger charge is -2.26. The molecule has 90 valence electrons. The Labute approximate surface area is 107 Å².